The minimum Gasteiger partial charge on any atom is -0.406 e. The van der Waals surface area contributed by atoms with Gasteiger partial charge in [-0.2, -0.15) is 0 Å². The number of nitrogens with zero attached hydrogens (tertiary/aromatic N) is 2. The molecule has 0 radical (unpaired) electrons. The highest BCUT2D eigenvalue weighted by Gasteiger charge is 2.11. The molecule has 94 valence electrons. The fourth-order valence-corrected chi connectivity index (χ4v) is 2.29. The van der Waals surface area contributed by atoms with Crippen LogP contribution in [-0.4, -0.2) is 22.7 Å². The zero-order chi connectivity index (χ0) is 12.2. The zero-order valence-corrected chi connectivity index (χ0v) is 10.5. The Morgan fingerprint density at radius 2 is 1.50 bits per heavy atom. The normalized spacial score (nSPS) is 16.7. The highest BCUT2D eigenvalue weighted by Crippen LogP contribution is 2.18. The SMILES string of the molecule is c1ccn(-c2ccc(ON3CCCCC3)cc2)c1. The zero-order valence-electron chi connectivity index (χ0n) is 10.5. The van der Waals surface area contributed by atoms with Crippen LogP contribution in [0.15, 0.2) is 48.8 Å². The lowest BCUT2D eigenvalue weighted by Crippen LogP contribution is -2.32. The standard InChI is InChI=1S/C15H18N2O/c1-2-12-17(13-3-1)18-15-8-6-14(7-9-15)16-10-4-5-11-16/h4-11H,1-3,12-13H2. The average molecular weight is 242 g/mol. The van der Waals surface area contributed by atoms with Gasteiger partial charge in [-0.15, -0.1) is 5.06 Å². The number of hydroxylamine groups is 2. The molecule has 0 spiro atoms. The van der Waals surface area contributed by atoms with Gasteiger partial charge in [-0.3, -0.25) is 0 Å². The molecule has 0 saturated carbocycles. The molecule has 1 aliphatic heterocycles. The van der Waals surface area contributed by atoms with Crippen molar-refractivity contribution in [2.24, 2.45) is 0 Å². The first-order valence-electron chi connectivity index (χ1n) is 6.58. The largest absolute Gasteiger partial charge is 0.406 e. The Kier molecular flexibility index (Phi) is 3.33. The topological polar surface area (TPSA) is 17.4 Å². The molecule has 1 aromatic carbocycles. The van der Waals surface area contributed by atoms with Crippen molar-refractivity contribution in [1.29, 1.82) is 0 Å². The predicted molar refractivity (Wildman–Crippen MR) is 71.8 cm³/mol. The molecule has 2 heterocycles. The van der Waals surface area contributed by atoms with Gasteiger partial charge in [0.05, 0.1) is 0 Å². The lowest BCUT2D eigenvalue weighted by atomic mass is 10.2. The molecule has 2 aromatic rings. The van der Waals surface area contributed by atoms with Gasteiger partial charge in [0.15, 0.2) is 0 Å². The van der Waals surface area contributed by atoms with Gasteiger partial charge in [-0.25, -0.2) is 0 Å². The Hall–Kier alpha value is -1.74. The van der Waals surface area contributed by atoms with Crippen molar-refractivity contribution in [1.82, 2.24) is 9.63 Å². The molecule has 1 saturated heterocycles. The van der Waals surface area contributed by atoms with Gasteiger partial charge < -0.3 is 9.40 Å². The third-order valence-corrected chi connectivity index (χ3v) is 3.29. The summed E-state index contributed by atoms with van der Waals surface area (Å²) >= 11 is 0. The highest BCUT2D eigenvalue weighted by atomic mass is 16.7. The molecule has 1 aliphatic rings. The molecular weight excluding hydrogens is 224 g/mol. The lowest BCUT2D eigenvalue weighted by molar-refractivity contribution is -0.0719. The maximum atomic E-state index is 5.85. The Balaban J connectivity index is 1.67. The Morgan fingerprint density at radius 1 is 0.833 bits per heavy atom. The van der Waals surface area contributed by atoms with Crippen LogP contribution in [0.3, 0.4) is 0 Å². The number of piperidine rings is 1. The minimum atomic E-state index is 0.924. The summed E-state index contributed by atoms with van der Waals surface area (Å²) in [6.07, 6.45) is 7.89. The van der Waals surface area contributed by atoms with Crippen LogP contribution < -0.4 is 4.84 Å². The van der Waals surface area contributed by atoms with Crippen LogP contribution >= 0.6 is 0 Å². The van der Waals surface area contributed by atoms with E-state index in [-0.39, 0.29) is 0 Å². The first-order valence-corrected chi connectivity index (χ1v) is 6.58. The average Bonchev–Trinajstić information content (AvgIpc) is 2.95. The number of hydrogen-bond acceptors (Lipinski definition) is 2. The molecule has 0 atom stereocenters. The van der Waals surface area contributed by atoms with E-state index in [1.165, 1.54) is 19.3 Å². The molecule has 0 unspecified atom stereocenters. The van der Waals surface area contributed by atoms with Crippen molar-refractivity contribution in [3.63, 3.8) is 0 Å². The number of rotatable bonds is 3. The minimum absolute atomic E-state index is 0.924. The van der Waals surface area contributed by atoms with E-state index in [4.69, 9.17) is 4.84 Å². The molecule has 3 nitrogen and oxygen atoms in total. The van der Waals surface area contributed by atoms with Crippen molar-refractivity contribution in [3.8, 4) is 11.4 Å². The van der Waals surface area contributed by atoms with Crippen molar-refractivity contribution >= 4 is 0 Å². The number of aromatic nitrogens is 1. The van der Waals surface area contributed by atoms with Crippen molar-refractivity contribution in [3.05, 3.63) is 48.8 Å². The first-order chi connectivity index (χ1) is 8.92. The van der Waals surface area contributed by atoms with Gasteiger partial charge >= 0.3 is 0 Å². The maximum Gasteiger partial charge on any atom is 0.147 e. The van der Waals surface area contributed by atoms with Gasteiger partial charge in [0.2, 0.25) is 0 Å². The molecule has 0 aliphatic carbocycles. The molecule has 3 rings (SSSR count). The van der Waals surface area contributed by atoms with E-state index in [9.17, 15) is 0 Å². The van der Waals surface area contributed by atoms with E-state index < -0.39 is 0 Å². The lowest BCUT2D eigenvalue weighted by Gasteiger charge is -2.26. The fourth-order valence-electron chi connectivity index (χ4n) is 2.29. The van der Waals surface area contributed by atoms with E-state index in [1.807, 2.05) is 36.7 Å². The Labute approximate surface area is 108 Å². The monoisotopic (exact) mass is 242 g/mol. The maximum absolute atomic E-state index is 5.85. The molecule has 1 aromatic heterocycles. The molecule has 3 heteroatoms. The van der Waals surface area contributed by atoms with Crippen LogP contribution in [-0.2, 0) is 0 Å². The summed E-state index contributed by atoms with van der Waals surface area (Å²) in [5.74, 6) is 0.924. The Bertz CT molecular complexity index is 470. The van der Waals surface area contributed by atoms with Gasteiger partial charge in [0.1, 0.15) is 5.75 Å². The van der Waals surface area contributed by atoms with Crippen LogP contribution in [0, 0.1) is 0 Å². The number of benzene rings is 1. The second-order valence-corrected chi connectivity index (χ2v) is 4.67. The van der Waals surface area contributed by atoms with Crippen molar-refractivity contribution < 1.29 is 4.84 Å². The van der Waals surface area contributed by atoms with Crippen molar-refractivity contribution in [2.45, 2.75) is 19.3 Å². The molecular formula is C15H18N2O. The fraction of sp³-hybridized carbons (Fsp3) is 0.333. The second kappa shape index (κ2) is 5.27. The summed E-state index contributed by atoms with van der Waals surface area (Å²) in [5, 5.41) is 2.06. The summed E-state index contributed by atoms with van der Waals surface area (Å²) in [5.41, 5.74) is 1.16. The number of hydrogen-bond donors (Lipinski definition) is 0. The summed E-state index contributed by atoms with van der Waals surface area (Å²) in [4.78, 5) is 5.85. The second-order valence-electron chi connectivity index (χ2n) is 4.67. The van der Waals surface area contributed by atoms with Gasteiger partial charge in [-0.05, 0) is 49.2 Å². The van der Waals surface area contributed by atoms with Gasteiger partial charge in [0.25, 0.3) is 0 Å². The first kappa shape index (κ1) is 11.4. The van der Waals surface area contributed by atoms with Gasteiger partial charge in [0, 0.05) is 31.2 Å². The van der Waals surface area contributed by atoms with Gasteiger partial charge in [-0.1, -0.05) is 6.42 Å². The van der Waals surface area contributed by atoms with E-state index in [0.29, 0.717) is 0 Å². The van der Waals surface area contributed by atoms with E-state index in [0.717, 1.165) is 24.5 Å². The summed E-state index contributed by atoms with van der Waals surface area (Å²) in [6, 6.07) is 12.3. The van der Waals surface area contributed by atoms with Crippen LogP contribution in [0.1, 0.15) is 19.3 Å². The third-order valence-electron chi connectivity index (χ3n) is 3.29. The summed E-state index contributed by atoms with van der Waals surface area (Å²) in [6.45, 7) is 2.08. The van der Waals surface area contributed by atoms with Crippen LogP contribution in [0.4, 0.5) is 0 Å². The molecule has 18 heavy (non-hydrogen) atoms. The summed E-state index contributed by atoms with van der Waals surface area (Å²) < 4.78 is 2.09. The highest BCUT2D eigenvalue weighted by molar-refractivity contribution is 5.37. The quantitative estimate of drug-likeness (QED) is 0.822. The van der Waals surface area contributed by atoms with Crippen LogP contribution in [0.5, 0.6) is 5.75 Å². The molecule has 1 fully saturated rings. The molecule has 0 N–H and O–H groups in total. The van der Waals surface area contributed by atoms with Crippen LogP contribution in [0.2, 0.25) is 0 Å². The summed E-state index contributed by atoms with van der Waals surface area (Å²) in [7, 11) is 0. The Morgan fingerprint density at radius 3 is 2.17 bits per heavy atom. The van der Waals surface area contributed by atoms with Crippen LogP contribution in [0.25, 0.3) is 5.69 Å². The van der Waals surface area contributed by atoms with Crippen molar-refractivity contribution in [2.75, 3.05) is 13.1 Å². The van der Waals surface area contributed by atoms with E-state index in [1.54, 1.807) is 0 Å². The third kappa shape index (κ3) is 2.57. The molecule has 0 bridgehead atoms. The molecule has 0 amide bonds. The van der Waals surface area contributed by atoms with E-state index in [2.05, 4.69) is 21.8 Å². The predicted octanol–water partition coefficient (Wildman–Crippen LogP) is 3.26. The smallest absolute Gasteiger partial charge is 0.147 e. The van der Waals surface area contributed by atoms with E-state index >= 15 is 0 Å².